The van der Waals surface area contributed by atoms with Crippen molar-refractivity contribution in [1.29, 1.82) is 0 Å². The molecule has 0 saturated heterocycles. The number of carbonyl (C=O) groups excluding carboxylic acids is 2. The molecule has 100 valence electrons. The molecule has 2 N–H and O–H groups in total. The molecule has 0 fully saturated rings. The third-order valence-electron chi connectivity index (χ3n) is 3.19. The van der Waals surface area contributed by atoms with Crippen molar-refractivity contribution >= 4 is 11.8 Å². The van der Waals surface area contributed by atoms with E-state index in [0.29, 0.717) is 17.9 Å². The number of rotatable bonds is 3. The van der Waals surface area contributed by atoms with Crippen molar-refractivity contribution in [2.75, 3.05) is 0 Å². The summed E-state index contributed by atoms with van der Waals surface area (Å²) >= 11 is 0. The first-order valence-electron chi connectivity index (χ1n) is 6.47. The Morgan fingerprint density at radius 3 is 2.58 bits per heavy atom. The Hall–Kier alpha value is -2.10. The number of aryl methyl sites for hydroxylation is 1. The van der Waals surface area contributed by atoms with Gasteiger partial charge in [-0.25, -0.2) is 0 Å². The van der Waals surface area contributed by atoms with Crippen molar-refractivity contribution in [3.8, 4) is 0 Å². The largest absolute Gasteiger partial charge is 0.273 e. The average Bonchev–Trinajstić information content (AvgIpc) is 2.89. The molecular formula is C15H18N2O2. The van der Waals surface area contributed by atoms with E-state index < -0.39 is 0 Å². The minimum atomic E-state index is -0.296. The third kappa shape index (κ3) is 3.95. The van der Waals surface area contributed by atoms with Crippen LogP contribution in [0.4, 0.5) is 0 Å². The molecule has 0 spiro atoms. The second-order valence-electron chi connectivity index (χ2n) is 4.84. The maximum atomic E-state index is 11.8. The van der Waals surface area contributed by atoms with Gasteiger partial charge in [0.15, 0.2) is 0 Å². The highest BCUT2D eigenvalue weighted by molar-refractivity contribution is 5.95. The minimum absolute atomic E-state index is 0.156. The van der Waals surface area contributed by atoms with Gasteiger partial charge in [-0.15, -0.1) is 0 Å². The zero-order chi connectivity index (χ0) is 13.7. The van der Waals surface area contributed by atoms with Crippen molar-refractivity contribution < 1.29 is 9.59 Å². The Kier molecular flexibility index (Phi) is 4.34. The van der Waals surface area contributed by atoms with Crippen molar-refractivity contribution in [1.82, 2.24) is 10.9 Å². The SMILES string of the molecule is Cc1ccc(C(=O)NNC(=O)C[C@@H]2C=CCC2)cc1. The minimum Gasteiger partial charge on any atom is -0.273 e. The van der Waals surface area contributed by atoms with Crippen molar-refractivity contribution in [2.24, 2.45) is 5.92 Å². The van der Waals surface area contributed by atoms with Crippen molar-refractivity contribution in [2.45, 2.75) is 26.2 Å². The molecule has 4 nitrogen and oxygen atoms in total. The number of hydrogen-bond acceptors (Lipinski definition) is 2. The number of carbonyl (C=O) groups is 2. The van der Waals surface area contributed by atoms with Crippen LogP contribution in [0.1, 0.15) is 35.2 Å². The first kappa shape index (κ1) is 13.3. The Bertz CT molecular complexity index is 491. The van der Waals surface area contributed by atoms with Gasteiger partial charge in [0.25, 0.3) is 5.91 Å². The van der Waals surface area contributed by atoms with E-state index in [2.05, 4.69) is 23.0 Å². The highest BCUT2D eigenvalue weighted by atomic mass is 16.2. The van der Waals surface area contributed by atoms with E-state index in [-0.39, 0.29) is 11.8 Å². The first-order valence-corrected chi connectivity index (χ1v) is 6.47. The fourth-order valence-electron chi connectivity index (χ4n) is 2.06. The van der Waals surface area contributed by atoms with Crippen LogP contribution < -0.4 is 10.9 Å². The van der Waals surface area contributed by atoms with E-state index in [4.69, 9.17) is 0 Å². The summed E-state index contributed by atoms with van der Waals surface area (Å²) in [6.07, 6.45) is 6.61. The number of hydrogen-bond donors (Lipinski definition) is 2. The van der Waals surface area contributed by atoms with Gasteiger partial charge in [-0.05, 0) is 37.8 Å². The third-order valence-corrected chi connectivity index (χ3v) is 3.19. The summed E-state index contributed by atoms with van der Waals surface area (Å²) in [7, 11) is 0. The molecule has 1 aromatic rings. The van der Waals surface area contributed by atoms with Gasteiger partial charge in [0, 0.05) is 12.0 Å². The molecule has 1 aromatic carbocycles. The average molecular weight is 258 g/mol. The fraction of sp³-hybridized carbons (Fsp3) is 0.333. The predicted molar refractivity (Wildman–Crippen MR) is 73.3 cm³/mol. The molecule has 4 heteroatoms. The van der Waals surface area contributed by atoms with Crippen molar-refractivity contribution in [3.05, 3.63) is 47.5 Å². The van der Waals surface area contributed by atoms with Gasteiger partial charge in [-0.3, -0.25) is 20.4 Å². The van der Waals surface area contributed by atoms with Gasteiger partial charge < -0.3 is 0 Å². The summed E-state index contributed by atoms with van der Waals surface area (Å²) in [4.78, 5) is 23.4. The molecular weight excluding hydrogens is 240 g/mol. The molecule has 0 heterocycles. The van der Waals surface area contributed by atoms with Crippen LogP contribution in [-0.2, 0) is 4.79 Å². The number of benzene rings is 1. The second kappa shape index (κ2) is 6.18. The molecule has 0 unspecified atom stereocenters. The van der Waals surface area contributed by atoms with Gasteiger partial charge >= 0.3 is 0 Å². The van der Waals surface area contributed by atoms with Gasteiger partial charge in [0.2, 0.25) is 5.91 Å². The Morgan fingerprint density at radius 1 is 1.21 bits per heavy atom. The van der Waals surface area contributed by atoms with E-state index in [9.17, 15) is 9.59 Å². The quantitative estimate of drug-likeness (QED) is 0.644. The Labute approximate surface area is 112 Å². The fourth-order valence-corrected chi connectivity index (χ4v) is 2.06. The van der Waals surface area contributed by atoms with Crippen LogP contribution in [0.15, 0.2) is 36.4 Å². The number of allylic oxidation sites excluding steroid dienone is 2. The van der Waals surface area contributed by atoms with Gasteiger partial charge in [0.05, 0.1) is 0 Å². The maximum Gasteiger partial charge on any atom is 0.269 e. The summed E-state index contributed by atoms with van der Waals surface area (Å²) < 4.78 is 0. The molecule has 0 saturated carbocycles. The highest BCUT2D eigenvalue weighted by Crippen LogP contribution is 2.19. The maximum absolute atomic E-state index is 11.8. The van der Waals surface area contributed by atoms with Gasteiger partial charge in [0.1, 0.15) is 0 Å². The van der Waals surface area contributed by atoms with Crippen LogP contribution in [-0.4, -0.2) is 11.8 Å². The Balaban J connectivity index is 1.78. The van der Waals surface area contributed by atoms with Crippen LogP contribution in [0.5, 0.6) is 0 Å². The van der Waals surface area contributed by atoms with Gasteiger partial charge in [-0.1, -0.05) is 29.8 Å². The summed E-state index contributed by atoms with van der Waals surface area (Å²) in [6, 6.07) is 7.19. The molecule has 0 aromatic heterocycles. The molecule has 0 bridgehead atoms. The van der Waals surface area contributed by atoms with Crippen LogP contribution in [0.2, 0.25) is 0 Å². The standard InChI is InChI=1S/C15H18N2O2/c1-11-6-8-13(9-7-11)15(19)17-16-14(18)10-12-4-2-3-5-12/h2,4,6-9,12H,3,5,10H2,1H3,(H,16,18)(H,17,19)/t12-/m1/s1. The molecule has 1 aliphatic rings. The van der Waals surface area contributed by atoms with Gasteiger partial charge in [-0.2, -0.15) is 0 Å². The summed E-state index contributed by atoms with van der Waals surface area (Å²) in [5.74, 6) is -0.149. The molecule has 19 heavy (non-hydrogen) atoms. The van der Waals surface area contributed by atoms with E-state index in [0.717, 1.165) is 18.4 Å². The molecule has 0 radical (unpaired) electrons. The smallest absolute Gasteiger partial charge is 0.269 e. The molecule has 1 aliphatic carbocycles. The van der Waals surface area contributed by atoms with Crippen LogP contribution in [0.25, 0.3) is 0 Å². The number of hydrazine groups is 1. The zero-order valence-corrected chi connectivity index (χ0v) is 11.0. The van der Waals surface area contributed by atoms with Crippen LogP contribution in [0, 0.1) is 12.8 Å². The van der Waals surface area contributed by atoms with E-state index in [1.807, 2.05) is 19.1 Å². The summed E-state index contributed by atoms with van der Waals surface area (Å²) in [5, 5.41) is 0. The Morgan fingerprint density at radius 2 is 1.95 bits per heavy atom. The lowest BCUT2D eigenvalue weighted by molar-refractivity contribution is -0.122. The van der Waals surface area contributed by atoms with E-state index in [1.165, 1.54) is 0 Å². The van der Waals surface area contributed by atoms with Crippen LogP contribution in [0.3, 0.4) is 0 Å². The van der Waals surface area contributed by atoms with Crippen molar-refractivity contribution in [3.63, 3.8) is 0 Å². The molecule has 2 rings (SSSR count). The van der Waals surface area contributed by atoms with Crippen LogP contribution >= 0.6 is 0 Å². The zero-order valence-electron chi connectivity index (χ0n) is 11.0. The highest BCUT2D eigenvalue weighted by Gasteiger charge is 2.14. The molecule has 2 amide bonds. The number of nitrogens with one attached hydrogen (secondary N) is 2. The normalized spacial score (nSPS) is 17.2. The van der Waals surface area contributed by atoms with E-state index >= 15 is 0 Å². The lowest BCUT2D eigenvalue weighted by Gasteiger charge is -2.10. The lowest BCUT2D eigenvalue weighted by atomic mass is 10.1. The molecule has 1 atom stereocenters. The number of amides is 2. The first-order chi connectivity index (χ1) is 9.15. The van der Waals surface area contributed by atoms with E-state index in [1.54, 1.807) is 12.1 Å². The topological polar surface area (TPSA) is 58.2 Å². The summed E-state index contributed by atoms with van der Waals surface area (Å²) in [6.45, 7) is 1.96. The second-order valence-corrected chi connectivity index (χ2v) is 4.84. The lowest BCUT2D eigenvalue weighted by Crippen LogP contribution is -2.42. The predicted octanol–water partition coefficient (Wildman–Crippen LogP) is 2.11. The molecule has 0 aliphatic heterocycles. The monoisotopic (exact) mass is 258 g/mol. The summed E-state index contributed by atoms with van der Waals surface area (Å²) in [5.41, 5.74) is 6.50.